The SMILES string of the molecule is CCOc1ccc(OCC(=O)N2CCN(c3nnc(SCC(=O)Nc4cc(C)on4)s3)CC2)cc1. The lowest BCUT2D eigenvalue weighted by atomic mass is 10.3. The van der Waals surface area contributed by atoms with Gasteiger partial charge in [0, 0.05) is 32.2 Å². The van der Waals surface area contributed by atoms with E-state index in [2.05, 4.69) is 25.6 Å². The number of ether oxygens (including phenoxy) is 2. The third kappa shape index (κ3) is 7.09. The highest BCUT2D eigenvalue weighted by Crippen LogP contribution is 2.28. The van der Waals surface area contributed by atoms with E-state index in [1.165, 1.54) is 23.1 Å². The summed E-state index contributed by atoms with van der Waals surface area (Å²) in [5, 5.41) is 15.6. The van der Waals surface area contributed by atoms with Crippen molar-refractivity contribution in [1.82, 2.24) is 20.3 Å². The Labute approximate surface area is 210 Å². The van der Waals surface area contributed by atoms with Crippen molar-refractivity contribution in [2.24, 2.45) is 0 Å². The summed E-state index contributed by atoms with van der Waals surface area (Å²) in [5.74, 6) is 2.36. The normalized spacial score (nSPS) is 13.5. The number of carbonyl (C=O) groups excluding carboxylic acids is 2. The molecule has 1 aliphatic rings. The van der Waals surface area contributed by atoms with Crippen molar-refractivity contribution in [2.75, 3.05) is 55.4 Å². The van der Waals surface area contributed by atoms with Gasteiger partial charge in [-0.2, -0.15) is 0 Å². The number of piperazine rings is 1. The van der Waals surface area contributed by atoms with E-state index in [9.17, 15) is 9.59 Å². The zero-order valence-electron chi connectivity index (χ0n) is 19.4. The quantitative estimate of drug-likeness (QED) is 0.401. The zero-order valence-corrected chi connectivity index (χ0v) is 21.1. The molecule has 0 saturated carbocycles. The van der Waals surface area contributed by atoms with Crippen molar-refractivity contribution < 1.29 is 23.6 Å². The molecule has 4 rings (SSSR count). The predicted molar refractivity (Wildman–Crippen MR) is 132 cm³/mol. The maximum Gasteiger partial charge on any atom is 0.260 e. The largest absolute Gasteiger partial charge is 0.494 e. The van der Waals surface area contributed by atoms with E-state index in [0.29, 0.717) is 54.5 Å². The third-order valence-electron chi connectivity index (χ3n) is 5.02. The van der Waals surface area contributed by atoms with Crippen LogP contribution in [0, 0.1) is 6.92 Å². The molecule has 0 bridgehead atoms. The average molecular weight is 519 g/mol. The van der Waals surface area contributed by atoms with E-state index in [1.807, 2.05) is 19.1 Å². The molecule has 35 heavy (non-hydrogen) atoms. The fourth-order valence-corrected chi connectivity index (χ4v) is 4.99. The van der Waals surface area contributed by atoms with Crippen LogP contribution >= 0.6 is 23.1 Å². The summed E-state index contributed by atoms with van der Waals surface area (Å²) in [6.07, 6.45) is 0. The number of hydrogen-bond acceptors (Lipinski definition) is 11. The highest BCUT2D eigenvalue weighted by atomic mass is 32.2. The van der Waals surface area contributed by atoms with Gasteiger partial charge in [-0.25, -0.2) is 0 Å². The van der Waals surface area contributed by atoms with Gasteiger partial charge in [-0.05, 0) is 38.1 Å². The van der Waals surface area contributed by atoms with Crippen LogP contribution in [0.3, 0.4) is 0 Å². The Morgan fingerprint density at radius 3 is 2.49 bits per heavy atom. The van der Waals surface area contributed by atoms with Crippen LogP contribution < -0.4 is 19.7 Å². The van der Waals surface area contributed by atoms with Crippen molar-refractivity contribution in [3.05, 3.63) is 36.1 Å². The first kappa shape index (κ1) is 24.8. The molecule has 3 heterocycles. The van der Waals surface area contributed by atoms with Crippen LogP contribution in [0.5, 0.6) is 11.5 Å². The number of carbonyl (C=O) groups is 2. The van der Waals surface area contributed by atoms with Crippen LogP contribution in [0.4, 0.5) is 10.9 Å². The highest BCUT2D eigenvalue weighted by molar-refractivity contribution is 8.01. The van der Waals surface area contributed by atoms with Gasteiger partial charge in [-0.3, -0.25) is 9.59 Å². The Balaban J connectivity index is 1.18. The Kier molecular flexibility index (Phi) is 8.42. The average Bonchev–Trinajstić information content (AvgIpc) is 3.51. The maximum absolute atomic E-state index is 12.6. The fourth-order valence-electron chi connectivity index (χ4n) is 3.30. The molecule has 11 nitrogen and oxygen atoms in total. The number of nitrogens with one attached hydrogen (secondary N) is 1. The van der Waals surface area contributed by atoms with Crippen molar-refractivity contribution >= 4 is 45.9 Å². The van der Waals surface area contributed by atoms with E-state index < -0.39 is 0 Å². The number of aromatic nitrogens is 3. The summed E-state index contributed by atoms with van der Waals surface area (Å²) < 4.78 is 16.7. The number of rotatable bonds is 10. The Morgan fingerprint density at radius 1 is 1.11 bits per heavy atom. The van der Waals surface area contributed by atoms with Crippen LogP contribution in [0.1, 0.15) is 12.7 Å². The molecular formula is C22H26N6O5S2. The van der Waals surface area contributed by atoms with Crippen LogP contribution in [0.25, 0.3) is 0 Å². The molecule has 0 aliphatic carbocycles. The van der Waals surface area contributed by atoms with E-state index >= 15 is 0 Å². The molecule has 0 spiro atoms. The molecule has 0 unspecified atom stereocenters. The lowest BCUT2D eigenvalue weighted by molar-refractivity contribution is -0.133. The van der Waals surface area contributed by atoms with Gasteiger partial charge in [0.25, 0.3) is 5.91 Å². The monoisotopic (exact) mass is 518 g/mol. The van der Waals surface area contributed by atoms with Gasteiger partial charge in [0.15, 0.2) is 16.8 Å². The zero-order chi connectivity index (χ0) is 24.6. The number of nitrogens with zero attached hydrogens (tertiary/aromatic N) is 5. The number of thioether (sulfide) groups is 1. The number of hydrogen-bond donors (Lipinski definition) is 1. The van der Waals surface area contributed by atoms with E-state index in [-0.39, 0.29) is 24.2 Å². The van der Waals surface area contributed by atoms with Crippen LogP contribution in [0.15, 0.2) is 39.2 Å². The van der Waals surface area contributed by atoms with Crippen molar-refractivity contribution in [1.29, 1.82) is 0 Å². The highest BCUT2D eigenvalue weighted by Gasteiger charge is 2.24. The number of amides is 2. The van der Waals surface area contributed by atoms with Crippen LogP contribution in [0.2, 0.25) is 0 Å². The number of benzene rings is 1. The summed E-state index contributed by atoms with van der Waals surface area (Å²) in [5.41, 5.74) is 0. The molecule has 1 aromatic carbocycles. The Bertz CT molecular complexity index is 1130. The van der Waals surface area contributed by atoms with Gasteiger partial charge in [0.05, 0.1) is 12.4 Å². The Morgan fingerprint density at radius 2 is 1.83 bits per heavy atom. The summed E-state index contributed by atoms with van der Waals surface area (Å²) in [7, 11) is 0. The molecule has 0 radical (unpaired) electrons. The lowest BCUT2D eigenvalue weighted by Crippen LogP contribution is -2.50. The van der Waals surface area contributed by atoms with Crippen molar-refractivity contribution in [2.45, 2.75) is 18.2 Å². The first-order valence-corrected chi connectivity index (χ1v) is 12.9. The molecule has 0 atom stereocenters. The van der Waals surface area contributed by atoms with E-state index in [4.69, 9.17) is 14.0 Å². The van der Waals surface area contributed by atoms with Gasteiger partial charge < -0.3 is 29.1 Å². The molecule has 1 N–H and O–H groups in total. The second kappa shape index (κ2) is 11.9. The minimum Gasteiger partial charge on any atom is -0.494 e. The topological polar surface area (TPSA) is 123 Å². The van der Waals surface area contributed by atoms with Crippen molar-refractivity contribution in [3.63, 3.8) is 0 Å². The third-order valence-corrected chi connectivity index (χ3v) is 7.14. The molecule has 3 aromatic rings. The number of aryl methyl sites for hydroxylation is 1. The van der Waals surface area contributed by atoms with Crippen LogP contribution in [-0.4, -0.2) is 77.2 Å². The van der Waals surface area contributed by atoms with Gasteiger partial charge in [0.2, 0.25) is 11.0 Å². The molecule has 1 saturated heterocycles. The second-order valence-corrected chi connectivity index (χ2v) is 9.75. The van der Waals surface area contributed by atoms with Gasteiger partial charge in [-0.1, -0.05) is 28.3 Å². The molecule has 1 aliphatic heterocycles. The summed E-state index contributed by atoms with van der Waals surface area (Å²) in [6, 6.07) is 8.88. The van der Waals surface area contributed by atoms with Gasteiger partial charge in [-0.15, -0.1) is 10.2 Å². The molecule has 2 amide bonds. The molecule has 13 heteroatoms. The Hall–Kier alpha value is -3.32. The molecule has 186 valence electrons. The first-order valence-electron chi connectivity index (χ1n) is 11.1. The molecular weight excluding hydrogens is 492 g/mol. The van der Waals surface area contributed by atoms with Gasteiger partial charge in [0.1, 0.15) is 17.3 Å². The summed E-state index contributed by atoms with van der Waals surface area (Å²) >= 11 is 2.74. The van der Waals surface area contributed by atoms with Gasteiger partial charge >= 0.3 is 0 Å². The minimum atomic E-state index is -0.195. The predicted octanol–water partition coefficient (Wildman–Crippen LogP) is 2.69. The van der Waals surface area contributed by atoms with E-state index in [1.54, 1.807) is 30.0 Å². The molecule has 2 aromatic heterocycles. The van der Waals surface area contributed by atoms with Crippen LogP contribution in [-0.2, 0) is 9.59 Å². The summed E-state index contributed by atoms with van der Waals surface area (Å²) in [6.45, 7) is 6.73. The standard InChI is InChI=1S/C22H26N6O5S2/c1-3-31-16-4-6-17(7-5-16)32-13-20(30)27-8-10-28(11-9-27)21-24-25-22(35-21)34-14-19(29)23-18-12-15(2)33-26-18/h4-7,12H,3,8-11,13-14H2,1-2H3,(H,23,26,29). The molecule has 1 fully saturated rings. The first-order chi connectivity index (χ1) is 17.0. The number of anilines is 2. The smallest absolute Gasteiger partial charge is 0.260 e. The van der Waals surface area contributed by atoms with E-state index in [0.717, 1.165) is 10.9 Å². The fraction of sp³-hybridized carbons (Fsp3) is 0.409. The van der Waals surface area contributed by atoms with Crippen molar-refractivity contribution in [3.8, 4) is 11.5 Å². The maximum atomic E-state index is 12.6. The minimum absolute atomic E-state index is 0.0104. The summed E-state index contributed by atoms with van der Waals surface area (Å²) in [4.78, 5) is 28.5. The lowest BCUT2D eigenvalue weighted by Gasteiger charge is -2.34. The second-order valence-electron chi connectivity index (χ2n) is 7.57.